The molecule has 0 saturated carbocycles. The molecule has 20 heavy (non-hydrogen) atoms. The van der Waals surface area contributed by atoms with Gasteiger partial charge in [0.25, 0.3) is 0 Å². The second-order valence-corrected chi connectivity index (χ2v) is 6.14. The summed E-state index contributed by atoms with van der Waals surface area (Å²) in [5.74, 6) is 0. The molecule has 1 aliphatic rings. The molecule has 0 bridgehead atoms. The van der Waals surface area contributed by atoms with Crippen molar-refractivity contribution in [3.8, 4) is 0 Å². The zero-order chi connectivity index (χ0) is 14.6. The Morgan fingerprint density at radius 2 is 2.30 bits per heavy atom. The third-order valence-electron chi connectivity index (χ3n) is 3.15. The molecule has 0 aliphatic carbocycles. The van der Waals surface area contributed by atoms with Gasteiger partial charge < -0.3 is 15.0 Å². The molecule has 5 heteroatoms. The van der Waals surface area contributed by atoms with E-state index < -0.39 is 5.60 Å². The first-order chi connectivity index (χ1) is 9.44. The van der Waals surface area contributed by atoms with Crippen LogP contribution in [0.25, 0.3) is 0 Å². The molecule has 1 N–H and O–H groups in total. The molecule has 2 heterocycles. The van der Waals surface area contributed by atoms with Gasteiger partial charge in [0.15, 0.2) is 0 Å². The van der Waals surface area contributed by atoms with Crippen LogP contribution in [-0.2, 0) is 4.74 Å². The molecular weight excluding hydrogens is 254 g/mol. The fourth-order valence-electron chi connectivity index (χ4n) is 2.34. The van der Waals surface area contributed by atoms with Gasteiger partial charge in [-0.3, -0.25) is 4.98 Å². The maximum atomic E-state index is 11.8. The quantitative estimate of drug-likeness (QED) is 0.902. The van der Waals surface area contributed by atoms with Crippen molar-refractivity contribution in [2.45, 2.75) is 45.3 Å². The molecule has 0 radical (unpaired) electrons. The van der Waals surface area contributed by atoms with Crippen LogP contribution in [0.2, 0.25) is 0 Å². The van der Waals surface area contributed by atoms with Crippen LogP contribution in [0.3, 0.4) is 0 Å². The Morgan fingerprint density at radius 1 is 1.50 bits per heavy atom. The molecule has 5 nitrogen and oxygen atoms in total. The Kier molecular flexibility index (Phi) is 4.47. The SMILES string of the molecule is CC(C)(C)OC(=O)NC1CCCN(c2cccnc2)C1. The second-order valence-electron chi connectivity index (χ2n) is 6.14. The lowest BCUT2D eigenvalue weighted by Crippen LogP contribution is -2.49. The Hall–Kier alpha value is -1.78. The minimum atomic E-state index is -0.457. The van der Waals surface area contributed by atoms with E-state index in [0.717, 1.165) is 31.6 Å². The number of rotatable bonds is 2. The Bertz CT molecular complexity index is 442. The number of pyridine rings is 1. The van der Waals surface area contributed by atoms with Crippen molar-refractivity contribution in [3.05, 3.63) is 24.5 Å². The number of ether oxygens (including phenoxy) is 1. The first kappa shape index (κ1) is 14.6. The van der Waals surface area contributed by atoms with Gasteiger partial charge in [-0.25, -0.2) is 4.79 Å². The number of piperidine rings is 1. The lowest BCUT2D eigenvalue weighted by Gasteiger charge is -2.34. The van der Waals surface area contributed by atoms with Crippen molar-refractivity contribution >= 4 is 11.8 Å². The molecule has 1 saturated heterocycles. The van der Waals surface area contributed by atoms with Crippen molar-refractivity contribution in [1.82, 2.24) is 10.3 Å². The number of nitrogens with one attached hydrogen (secondary N) is 1. The molecule has 110 valence electrons. The van der Waals surface area contributed by atoms with Crippen LogP contribution in [0.1, 0.15) is 33.6 Å². The van der Waals surface area contributed by atoms with Crippen molar-refractivity contribution in [1.29, 1.82) is 0 Å². The molecule has 1 aromatic rings. The summed E-state index contributed by atoms with van der Waals surface area (Å²) >= 11 is 0. The molecule has 1 fully saturated rings. The number of hydrogen-bond acceptors (Lipinski definition) is 4. The summed E-state index contributed by atoms with van der Waals surface area (Å²) in [7, 11) is 0. The van der Waals surface area contributed by atoms with Gasteiger partial charge in [-0.15, -0.1) is 0 Å². The van der Waals surface area contributed by atoms with Gasteiger partial charge in [0.2, 0.25) is 0 Å². The number of alkyl carbamates (subject to hydrolysis) is 1. The van der Waals surface area contributed by atoms with Crippen molar-refractivity contribution < 1.29 is 9.53 Å². The number of nitrogens with zero attached hydrogens (tertiary/aromatic N) is 2. The third kappa shape index (κ3) is 4.40. The van der Waals surface area contributed by atoms with Crippen molar-refractivity contribution in [2.24, 2.45) is 0 Å². The van der Waals surface area contributed by atoms with Gasteiger partial charge in [0.05, 0.1) is 11.9 Å². The summed E-state index contributed by atoms with van der Waals surface area (Å²) in [6.45, 7) is 7.41. The molecule has 0 aromatic carbocycles. The minimum absolute atomic E-state index is 0.124. The van der Waals surface area contributed by atoms with Gasteiger partial charge in [-0.2, -0.15) is 0 Å². The molecule has 1 atom stereocenters. The van der Waals surface area contributed by atoms with E-state index in [4.69, 9.17) is 4.74 Å². The van der Waals surface area contributed by atoms with Crippen LogP contribution in [0, 0.1) is 0 Å². The van der Waals surface area contributed by atoms with Gasteiger partial charge >= 0.3 is 6.09 Å². The van der Waals surface area contributed by atoms with E-state index in [9.17, 15) is 4.79 Å². The average Bonchev–Trinajstić information content (AvgIpc) is 2.38. The molecule has 1 amide bonds. The van der Waals surface area contributed by atoms with Crippen LogP contribution >= 0.6 is 0 Å². The van der Waals surface area contributed by atoms with Crippen LogP contribution < -0.4 is 10.2 Å². The summed E-state index contributed by atoms with van der Waals surface area (Å²) in [6, 6.07) is 4.10. The number of carbonyl (C=O) groups is 1. The van der Waals surface area contributed by atoms with Crippen molar-refractivity contribution in [2.75, 3.05) is 18.0 Å². The minimum Gasteiger partial charge on any atom is -0.444 e. The highest BCUT2D eigenvalue weighted by molar-refractivity contribution is 5.68. The fourth-order valence-corrected chi connectivity index (χ4v) is 2.34. The first-order valence-electron chi connectivity index (χ1n) is 7.08. The number of hydrogen-bond donors (Lipinski definition) is 1. The summed E-state index contributed by atoms with van der Waals surface area (Å²) in [5, 5.41) is 2.95. The second kappa shape index (κ2) is 6.11. The normalized spacial score (nSPS) is 19.6. The average molecular weight is 277 g/mol. The van der Waals surface area contributed by atoms with E-state index in [-0.39, 0.29) is 12.1 Å². The maximum Gasteiger partial charge on any atom is 0.407 e. The Morgan fingerprint density at radius 3 is 2.95 bits per heavy atom. The highest BCUT2D eigenvalue weighted by Gasteiger charge is 2.24. The number of aromatic nitrogens is 1. The number of anilines is 1. The smallest absolute Gasteiger partial charge is 0.407 e. The van der Waals surface area contributed by atoms with Gasteiger partial charge in [-0.1, -0.05) is 0 Å². The lowest BCUT2D eigenvalue weighted by atomic mass is 10.1. The zero-order valence-electron chi connectivity index (χ0n) is 12.4. The molecule has 0 spiro atoms. The molecular formula is C15H23N3O2. The van der Waals surface area contributed by atoms with Crippen molar-refractivity contribution in [3.63, 3.8) is 0 Å². The molecule has 1 aliphatic heterocycles. The van der Waals surface area contributed by atoms with Crippen LogP contribution in [0.5, 0.6) is 0 Å². The molecule has 2 rings (SSSR count). The number of carbonyl (C=O) groups excluding carboxylic acids is 1. The van der Waals surface area contributed by atoms with Crippen LogP contribution in [0.4, 0.5) is 10.5 Å². The molecule has 1 unspecified atom stereocenters. The monoisotopic (exact) mass is 277 g/mol. The van der Waals surface area contributed by atoms with E-state index in [0.29, 0.717) is 0 Å². The Balaban J connectivity index is 1.89. The zero-order valence-corrected chi connectivity index (χ0v) is 12.4. The summed E-state index contributed by atoms with van der Waals surface area (Å²) in [4.78, 5) is 18.2. The predicted molar refractivity (Wildman–Crippen MR) is 78.8 cm³/mol. The highest BCUT2D eigenvalue weighted by atomic mass is 16.6. The van der Waals surface area contributed by atoms with E-state index in [1.807, 2.05) is 39.1 Å². The maximum absolute atomic E-state index is 11.8. The van der Waals surface area contributed by atoms with E-state index >= 15 is 0 Å². The standard InChI is InChI=1S/C15H23N3O2/c1-15(2,3)20-14(19)17-12-6-5-9-18(11-12)13-7-4-8-16-10-13/h4,7-8,10,12H,5-6,9,11H2,1-3H3,(H,17,19). The van der Waals surface area contributed by atoms with Crippen LogP contribution in [0.15, 0.2) is 24.5 Å². The van der Waals surface area contributed by atoms with E-state index in [2.05, 4.69) is 15.2 Å². The number of amides is 1. The largest absolute Gasteiger partial charge is 0.444 e. The van der Waals surface area contributed by atoms with E-state index in [1.54, 1.807) is 6.20 Å². The van der Waals surface area contributed by atoms with Gasteiger partial charge in [-0.05, 0) is 45.7 Å². The van der Waals surface area contributed by atoms with Crippen LogP contribution in [-0.4, -0.2) is 35.8 Å². The first-order valence-corrected chi connectivity index (χ1v) is 7.08. The summed E-state index contributed by atoms with van der Waals surface area (Å²) in [6.07, 6.45) is 5.32. The Labute approximate surface area is 120 Å². The lowest BCUT2D eigenvalue weighted by molar-refractivity contribution is 0.0500. The fraction of sp³-hybridized carbons (Fsp3) is 0.600. The third-order valence-corrected chi connectivity index (χ3v) is 3.15. The summed E-state index contributed by atoms with van der Waals surface area (Å²) in [5.41, 5.74) is 0.644. The highest BCUT2D eigenvalue weighted by Crippen LogP contribution is 2.19. The van der Waals surface area contributed by atoms with E-state index in [1.165, 1.54) is 0 Å². The predicted octanol–water partition coefficient (Wildman–Crippen LogP) is 2.58. The van der Waals surface area contributed by atoms with Gasteiger partial charge in [0.1, 0.15) is 5.60 Å². The topological polar surface area (TPSA) is 54.5 Å². The van der Waals surface area contributed by atoms with Gasteiger partial charge in [0, 0.05) is 25.3 Å². The summed E-state index contributed by atoms with van der Waals surface area (Å²) < 4.78 is 5.30. The molecule has 1 aromatic heterocycles.